The van der Waals surface area contributed by atoms with E-state index in [9.17, 15) is 4.79 Å². The molecule has 1 amide bonds. The van der Waals surface area contributed by atoms with Gasteiger partial charge in [0, 0.05) is 25.1 Å². The number of fused-ring (bicyclic) bond motifs is 1. The van der Waals surface area contributed by atoms with Gasteiger partial charge >= 0.3 is 0 Å². The van der Waals surface area contributed by atoms with Crippen molar-refractivity contribution in [2.75, 3.05) is 6.54 Å². The van der Waals surface area contributed by atoms with E-state index < -0.39 is 0 Å². The molecule has 1 unspecified atom stereocenters. The average Bonchev–Trinajstić information content (AvgIpc) is 2.47. The van der Waals surface area contributed by atoms with E-state index in [1.165, 1.54) is 0 Å². The number of primary amides is 1. The minimum absolute atomic E-state index is 0.0347. The molecule has 2 rings (SSSR count). The molecule has 0 saturated carbocycles. The third-order valence-electron chi connectivity index (χ3n) is 2.01. The van der Waals surface area contributed by atoms with E-state index in [0.29, 0.717) is 12.1 Å². The molecule has 0 aromatic rings. The fourth-order valence-corrected chi connectivity index (χ4v) is 1.38. The molecule has 64 valence electrons. The normalized spacial score (nSPS) is 25.5. The Morgan fingerprint density at radius 3 is 3.33 bits per heavy atom. The first-order valence-corrected chi connectivity index (χ1v) is 3.73. The van der Waals surface area contributed by atoms with Crippen LogP contribution in [0.15, 0.2) is 24.2 Å². The lowest BCUT2D eigenvalue weighted by Gasteiger charge is -2.27. The summed E-state index contributed by atoms with van der Waals surface area (Å²) in [5, 5.41) is 4.87. The van der Waals surface area contributed by atoms with Gasteiger partial charge in [-0.2, -0.15) is 0 Å². The molecule has 0 bridgehead atoms. The van der Waals surface area contributed by atoms with Gasteiger partial charge in [-0.1, -0.05) is 0 Å². The standard InChI is InChI=1S/C7H10N4O/c8-7(12)5-3-10-11-2-1-9-4-6(5)11/h1-3,6,9-10H,4H2,(H2,8,12). The molecule has 2 aliphatic heterocycles. The predicted molar refractivity (Wildman–Crippen MR) is 43.2 cm³/mol. The van der Waals surface area contributed by atoms with E-state index >= 15 is 0 Å². The smallest absolute Gasteiger partial charge is 0.248 e. The molecule has 5 nitrogen and oxygen atoms in total. The van der Waals surface area contributed by atoms with Gasteiger partial charge in [0.25, 0.3) is 0 Å². The Morgan fingerprint density at radius 1 is 1.75 bits per heavy atom. The zero-order valence-electron chi connectivity index (χ0n) is 6.45. The minimum atomic E-state index is -0.368. The van der Waals surface area contributed by atoms with E-state index in [2.05, 4.69) is 10.7 Å². The van der Waals surface area contributed by atoms with Crippen molar-refractivity contribution in [1.82, 2.24) is 15.8 Å². The van der Waals surface area contributed by atoms with E-state index in [1.807, 2.05) is 17.4 Å². The van der Waals surface area contributed by atoms with Crippen LogP contribution in [0, 0.1) is 0 Å². The van der Waals surface area contributed by atoms with E-state index in [0.717, 1.165) is 0 Å². The number of hydrazine groups is 1. The van der Waals surface area contributed by atoms with Crippen molar-refractivity contribution in [3.8, 4) is 0 Å². The minimum Gasteiger partial charge on any atom is -0.387 e. The summed E-state index contributed by atoms with van der Waals surface area (Å²) in [6.07, 6.45) is 5.30. The van der Waals surface area contributed by atoms with Crippen LogP contribution in [0.4, 0.5) is 0 Å². The van der Waals surface area contributed by atoms with E-state index in [1.54, 1.807) is 6.20 Å². The maximum atomic E-state index is 10.9. The number of carbonyl (C=O) groups excluding carboxylic acids is 1. The van der Waals surface area contributed by atoms with Crippen LogP contribution in [-0.4, -0.2) is 23.5 Å². The number of amides is 1. The molecular formula is C7H10N4O. The molecule has 4 N–H and O–H groups in total. The topological polar surface area (TPSA) is 70.4 Å². The molecule has 0 aromatic heterocycles. The van der Waals surface area contributed by atoms with Gasteiger partial charge in [0.15, 0.2) is 0 Å². The number of carbonyl (C=O) groups is 1. The van der Waals surface area contributed by atoms with Crippen molar-refractivity contribution in [2.45, 2.75) is 6.04 Å². The van der Waals surface area contributed by atoms with Gasteiger partial charge in [0.05, 0.1) is 11.6 Å². The second kappa shape index (κ2) is 2.44. The Balaban J connectivity index is 2.20. The SMILES string of the molecule is NC(=O)C1=CNN2C=CNCC12. The van der Waals surface area contributed by atoms with E-state index in [4.69, 9.17) is 5.73 Å². The van der Waals surface area contributed by atoms with Crippen LogP contribution < -0.4 is 16.5 Å². The fourth-order valence-electron chi connectivity index (χ4n) is 1.38. The summed E-state index contributed by atoms with van der Waals surface area (Å²) in [4.78, 5) is 10.9. The zero-order valence-corrected chi connectivity index (χ0v) is 6.45. The summed E-state index contributed by atoms with van der Waals surface area (Å²) < 4.78 is 0. The van der Waals surface area contributed by atoms with Crippen LogP contribution in [-0.2, 0) is 4.79 Å². The van der Waals surface area contributed by atoms with Crippen molar-refractivity contribution >= 4 is 5.91 Å². The Bertz CT molecular complexity index is 271. The summed E-state index contributed by atoms with van der Waals surface area (Å²) in [6.45, 7) is 0.707. The number of nitrogens with one attached hydrogen (secondary N) is 2. The van der Waals surface area contributed by atoms with Crippen LogP contribution in [0.25, 0.3) is 0 Å². The van der Waals surface area contributed by atoms with Gasteiger partial charge in [-0.05, 0) is 0 Å². The lowest BCUT2D eigenvalue weighted by atomic mass is 10.1. The lowest BCUT2D eigenvalue weighted by molar-refractivity contribution is -0.115. The molecule has 12 heavy (non-hydrogen) atoms. The Hall–Kier alpha value is -1.65. The van der Waals surface area contributed by atoms with Gasteiger partial charge in [-0.25, -0.2) is 0 Å². The maximum Gasteiger partial charge on any atom is 0.248 e. The number of nitrogens with two attached hydrogens (primary N) is 1. The highest BCUT2D eigenvalue weighted by Gasteiger charge is 2.29. The van der Waals surface area contributed by atoms with Crippen LogP contribution in [0.3, 0.4) is 0 Å². The molecule has 5 heteroatoms. The zero-order chi connectivity index (χ0) is 8.55. The van der Waals surface area contributed by atoms with Crippen molar-refractivity contribution in [3.63, 3.8) is 0 Å². The molecule has 0 aromatic carbocycles. The summed E-state index contributed by atoms with van der Waals surface area (Å²) in [7, 11) is 0. The molecule has 0 radical (unpaired) electrons. The summed E-state index contributed by atoms with van der Waals surface area (Å²) in [5.41, 5.74) is 8.73. The Kier molecular flexibility index (Phi) is 1.43. The first-order chi connectivity index (χ1) is 5.79. The molecule has 0 spiro atoms. The molecule has 2 aliphatic rings. The summed E-state index contributed by atoms with van der Waals surface area (Å²) in [6, 6.07) is 0.0347. The van der Waals surface area contributed by atoms with Gasteiger partial charge in [-0.3, -0.25) is 9.80 Å². The summed E-state index contributed by atoms with van der Waals surface area (Å²) >= 11 is 0. The highest BCUT2D eigenvalue weighted by Crippen LogP contribution is 2.15. The van der Waals surface area contributed by atoms with Gasteiger partial charge in [0.2, 0.25) is 5.91 Å². The van der Waals surface area contributed by atoms with Crippen molar-refractivity contribution in [3.05, 3.63) is 24.2 Å². The fraction of sp³-hybridized carbons (Fsp3) is 0.286. The Labute approximate surface area is 69.9 Å². The second-order valence-electron chi connectivity index (χ2n) is 2.74. The number of nitrogens with zero attached hydrogens (tertiary/aromatic N) is 1. The molecule has 2 heterocycles. The van der Waals surface area contributed by atoms with Crippen molar-refractivity contribution < 1.29 is 4.79 Å². The van der Waals surface area contributed by atoms with Gasteiger partial charge in [-0.15, -0.1) is 0 Å². The quantitative estimate of drug-likeness (QED) is 0.449. The van der Waals surface area contributed by atoms with E-state index in [-0.39, 0.29) is 11.9 Å². The highest BCUT2D eigenvalue weighted by molar-refractivity contribution is 5.93. The first kappa shape index (κ1) is 7.02. The number of rotatable bonds is 1. The molecule has 0 fully saturated rings. The Morgan fingerprint density at radius 2 is 2.58 bits per heavy atom. The van der Waals surface area contributed by atoms with Crippen molar-refractivity contribution in [2.24, 2.45) is 5.73 Å². The number of hydrogen-bond acceptors (Lipinski definition) is 4. The molecule has 0 aliphatic carbocycles. The second-order valence-corrected chi connectivity index (χ2v) is 2.74. The maximum absolute atomic E-state index is 10.9. The predicted octanol–water partition coefficient (Wildman–Crippen LogP) is -1.38. The van der Waals surface area contributed by atoms with Crippen LogP contribution >= 0.6 is 0 Å². The number of hydrogen-bond donors (Lipinski definition) is 3. The highest BCUT2D eigenvalue weighted by atomic mass is 16.1. The molecular weight excluding hydrogens is 156 g/mol. The van der Waals surface area contributed by atoms with Crippen molar-refractivity contribution in [1.29, 1.82) is 0 Å². The molecule has 1 atom stereocenters. The third kappa shape index (κ3) is 0.903. The van der Waals surface area contributed by atoms with Gasteiger partial charge in [0.1, 0.15) is 0 Å². The monoisotopic (exact) mass is 166 g/mol. The molecule has 0 saturated heterocycles. The van der Waals surface area contributed by atoms with Crippen LogP contribution in [0.1, 0.15) is 0 Å². The largest absolute Gasteiger partial charge is 0.387 e. The average molecular weight is 166 g/mol. The van der Waals surface area contributed by atoms with Gasteiger partial charge < -0.3 is 16.5 Å². The lowest BCUT2D eigenvalue weighted by Crippen LogP contribution is -2.44. The first-order valence-electron chi connectivity index (χ1n) is 3.73. The summed E-state index contributed by atoms with van der Waals surface area (Å²) in [5.74, 6) is -0.368. The van der Waals surface area contributed by atoms with Crippen LogP contribution in [0.5, 0.6) is 0 Å². The third-order valence-corrected chi connectivity index (χ3v) is 2.01. The van der Waals surface area contributed by atoms with Crippen LogP contribution in [0.2, 0.25) is 0 Å².